The Hall–Kier alpha value is -0.600. The average Bonchev–Trinajstić information content (AvgIpc) is 2.29. The molecule has 0 amide bonds. The molecule has 1 heterocycles. The van der Waals surface area contributed by atoms with Crippen LogP contribution in [0.3, 0.4) is 0 Å². The van der Waals surface area contributed by atoms with Crippen LogP contribution < -0.4 is 0 Å². The molecule has 0 aliphatic heterocycles. The molecule has 1 aliphatic rings. The SMILES string of the molecule is CCOC1CC(CC(Cl)Cc2ncccc2C)C1. The van der Waals surface area contributed by atoms with Crippen LogP contribution in [0, 0.1) is 12.8 Å². The Morgan fingerprint density at radius 1 is 1.50 bits per heavy atom. The van der Waals surface area contributed by atoms with Gasteiger partial charge in [-0.3, -0.25) is 4.98 Å². The maximum Gasteiger partial charge on any atom is 0.0580 e. The van der Waals surface area contributed by atoms with Crippen molar-refractivity contribution >= 4 is 11.6 Å². The maximum absolute atomic E-state index is 6.44. The molecule has 0 saturated heterocycles. The van der Waals surface area contributed by atoms with Crippen LogP contribution in [0.1, 0.15) is 37.4 Å². The fourth-order valence-corrected chi connectivity index (χ4v) is 3.02. The Bertz CT molecular complexity index is 377. The van der Waals surface area contributed by atoms with Crippen molar-refractivity contribution in [3.8, 4) is 0 Å². The first-order chi connectivity index (χ1) is 8.69. The van der Waals surface area contributed by atoms with E-state index in [1.807, 2.05) is 12.3 Å². The van der Waals surface area contributed by atoms with Gasteiger partial charge in [-0.15, -0.1) is 11.6 Å². The molecule has 2 rings (SSSR count). The Balaban J connectivity index is 1.73. The van der Waals surface area contributed by atoms with Crippen LogP contribution in [-0.2, 0) is 11.2 Å². The summed E-state index contributed by atoms with van der Waals surface area (Å²) in [7, 11) is 0. The summed E-state index contributed by atoms with van der Waals surface area (Å²) in [5, 5.41) is 0.200. The van der Waals surface area contributed by atoms with E-state index in [0.717, 1.165) is 31.1 Å². The molecule has 2 nitrogen and oxygen atoms in total. The van der Waals surface area contributed by atoms with Crippen molar-refractivity contribution in [2.45, 2.75) is 51.0 Å². The molecular formula is C15H22ClNO. The molecule has 1 aromatic heterocycles. The second kappa shape index (κ2) is 6.53. The van der Waals surface area contributed by atoms with Gasteiger partial charge in [-0.25, -0.2) is 0 Å². The van der Waals surface area contributed by atoms with Crippen molar-refractivity contribution in [3.63, 3.8) is 0 Å². The lowest BCUT2D eigenvalue weighted by Crippen LogP contribution is -2.33. The topological polar surface area (TPSA) is 22.1 Å². The number of aromatic nitrogens is 1. The Kier molecular flexibility index (Phi) is 5.02. The van der Waals surface area contributed by atoms with Crippen molar-refractivity contribution in [2.75, 3.05) is 6.61 Å². The third-order valence-electron chi connectivity index (χ3n) is 3.72. The summed E-state index contributed by atoms with van der Waals surface area (Å²) < 4.78 is 5.57. The third kappa shape index (κ3) is 3.69. The zero-order valence-electron chi connectivity index (χ0n) is 11.2. The first-order valence-electron chi connectivity index (χ1n) is 6.85. The van der Waals surface area contributed by atoms with Crippen LogP contribution in [0.25, 0.3) is 0 Å². The van der Waals surface area contributed by atoms with E-state index in [1.165, 1.54) is 18.4 Å². The number of rotatable bonds is 6. The van der Waals surface area contributed by atoms with Crippen molar-refractivity contribution in [1.29, 1.82) is 0 Å². The number of aryl methyl sites for hydroxylation is 1. The van der Waals surface area contributed by atoms with E-state index in [-0.39, 0.29) is 5.38 Å². The molecule has 100 valence electrons. The maximum atomic E-state index is 6.44. The highest BCUT2D eigenvalue weighted by Crippen LogP contribution is 2.35. The largest absolute Gasteiger partial charge is 0.378 e. The molecule has 0 N–H and O–H groups in total. The number of hydrogen-bond donors (Lipinski definition) is 0. The Labute approximate surface area is 115 Å². The smallest absolute Gasteiger partial charge is 0.0580 e. The minimum absolute atomic E-state index is 0.200. The highest BCUT2D eigenvalue weighted by atomic mass is 35.5. The quantitative estimate of drug-likeness (QED) is 0.733. The van der Waals surface area contributed by atoms with E-state index in [0.29, 0.717) is 6.10 Å². The lowest BCUT2D eigenvalue weighted by molar-refractivity contribution is -0.0266. The van der Waals surface area contributed by atoms with E-state index >= 15 is 0 Å². The summed E-state index contributed by atoms with van der Waals surface area (Å²) in [5.41, 5.74) is 2.38. The molecule has 1 aromatic rings. The van der Waals surface area contributed by atoms with Gasteiger partial charge in [0.15, 0.2) is 0 Å². The highest BCUT2D eigenvalue weighted by Gasteiger charge is 2.31. The second-order valence-corrected chi connectivity index (χ2v) is 5.84. The zero-order valence-corrected chi connectivity index (χ0v) is 12.0. The van der Waals surface area contributed by atoms with E-state index in [1.54, 1.807) is 0 Å². The minimum atomic E-state index is 0.200. The molecule has 1 unspecified atom stereocenters. The van der Waals surface area contributed by atoms with Gasteiger partial charge < -0.3 is 4.74 Å². The van der Waals surface area contributed by atoms with Crippen LogP contribution in [0.5, 0.6) is 0 Å². The van der Waals surface area contributed by atoms with Gasteiger partial charge in [0.1, 0.15) is 0 Å². The molecule has 3 heteroatoms. The van der Waals surface area contributed by atoms with Crippen molar-refractivity contribution in [3.05, 3.63) is 29.6 Å². The highest BCUT2D eigenvalue weighted by molar-refractivity contribution is 6.20. The number of nitrogens with zero attached hydrogens (tertiary/aromatic N) is 1. The van der Waals surface area contributed by atoms with Crippen LogP contribution in [0.4, 0.5) is 0 Å². The Morgan fingerprint density at radius 2 is 2.28 bits per heavy atom. The second-order valence-electron chi connectivity index (χ2n) is 5.22. The molecule has 1 aliphatic carbocycles. The first kappa shape index (κ1) is 13.8. The van der Waals surface area contributed by atoms with Gasteiger partial charge in [0.2, 0.25) is 0 Å². The normalized spacial score (nSPS) is 24.6. The number of hydrogen-bond acceptors (Lipinski definition) is 2. The first-order valence-corrected chi connectivity index (χ1v) is 7.28. The Morgan fingerprint density at radius 3 is 2.94 bits per heavy atom. The summed E-state index contributed by atoms with van der Waals surface area (Å²) in [6.45, 7) is 4.98. The number of pyridine rings is 1. The van der Waals surface area contributed by atoms with Crippen molar-refractivity contribution in [1.82, 2.24) is 4.98 Å². The summed E-state index contributed by atoms with van der Waals surface area (Å²) >= 11 is 6.44. The summed E-state index contributed by atoms with van der Waals surface area (Å²) in [5.74, 6) is 0.744. The van der Waals surface area contributed by atoms with Gasteiger partial charge in [-0.05, 0) is 50.7 Å². The van der Waals surface area contributed by atoms with Crippen molar-refractivity contribution < 1.29 is 4.74 Å². The standard InChI is InChI=1S/C15H22ClNO/c1-3-18-14-8-12(9-14)7-13(16)10-15-11(2)5-4-6-17-15/h4-6,12-14H,3,7-10H2,1-2H3. The molecular weight excluding hydrogens is 246 g/mol. The van der Waals surface area contributed by atoms with Gasteiger partial charge in [0.25, 0.3) is 0 Å². The monoisotopic (exact) mass is 267 g/mol. The third-order valence-corrected chi connectivity index (χ3v) is 4.05. The fourth-order valence-electron chi connectivity index (χ4n) is 2.63. The molecule has 1 saturated carbocycles. The molecule has 1 fully saturated rings. The number of alkyl halides is 1. The zero-order chi connectivity index (χ0) is 13.0. The average molecular weight is 268 g/mol. The minimum Gasteiger partial charge on any atom is -0.378 e. The molecule has 0 radical (unpaired) electrons. The molecule has 1 atom stereocenters. The van der Waals surface area contributed by atoms with E-state index in [9.17, 15) is 0 Å². The molecule has 0 bridgehead atoms. The fraction of sp³-hybridized carbons (Fsp3) is 0.667. The predicted octanol–water partition coefficient (Wildman–Crippen LogP) is 3.75. The van der Waals surface area contributed by atoms with Gasteiger partial charge in [0, 0.05) is 30.3 Å². The molecule has 18 heavy (non-hydrogen) atoms. The van der Waals surface area contributed by atoms with Gasteiger partial charge in [-0.1, -0.05) is 6.07 Å². The van der Waals surface area contributed by atoms with Gasteiger partial charge in [0.05, 0.1) is 6.10 Å². The molecule has 0 spiro atoms. The van der Waals surface area contributed by atoms with E-state index in [4.69, 9.17) is 16.3 Å². The van der Waals surface area contributed by atoms with E-state index in [2.05, 4.69) is 24.9 Å². The number of halogens is 1. The van der Waals surface area contributed by atoms with E-state index < -0.39 is 0 Å². The number of ether oxygens (including phenoxy) is 1. The predicted molar refractivity (Wildman–Crippen MR) is 75.1 cm³/mol. The lowest BCUT2D eigenvalue weighted by atomic mass is 9.78. The summed E-state index contributed by atoms with van der Waals surface area (Å²) in [6, 6.07) is 4.07. The van der Waals surface area contributed by atoms with Crippen LogP contribution in [0.2, 0.25) is 0 Å². The van der Waals surface area contributed by atoms with Crippen molar-refractivity contribution in [2.24, 2.45) is 5.92 Å². The van der Waals surface area contributed by atoms with Crippen LogP contribution >= 0.6 is 11.6 Å². The van der Waals surface area contributed by atoms with Crippen LogP contribution in [0.15, 0.2) is 18.3 Å². The molecule has 0 aromatic carbocycles. The van der Waals surface area contributed by atoms with Crippen LogP contribution in [-0.4, -0.2) is 23.1 Å². The summed E-state index contributed by atoms with van der Waals surface area (Å²) in [6.07, 6.45) is 6.66. The van der Waals surface area contributed by atoms with Gasteiger partial charge in [-0.2, -0.15) is 0 Å². The van der Waals surface area contributed by atoms with Gasteiger partial charge >= 0.3 is 0 Å². The summed E-state index contributed by atoms with van der Waals surface area (Å²) in [4.78, 5) is 4.40. The lowest BCUT2D eigenvalue weighted by Gasteiger charge is -2.36.